The van der Waals surface area contributed by atoms with Crippen LogP contribution in [-0.4, -0.2) is 51.3 Å². The van der Waals surface area contributed by atoms with Crippen LogP contribution in [0.5, 0.6) is 0 Å². The van der Waals surface area contributed by atoms with E-state index in [9.17, 15) is 9.59 Å². The van der Waals surface area contributed by atoms with Gasteiger partial charge in [0.2, 0.25) is 5.91 Å². The van der Waals surface area contributed by atoms with Gasteiger partial charge in [-0.25, -0.2) is 4.68 Å². The Hall–Kier alpha value is -2.62. The Morgan fingerprint density at radius 3 is 3.14 bits per heavy atom. The van der Waals surface area contributed by atoms with Crippen molar-refractivity contribution in [3.8, 4) is 12.3 Å². The van der Waals surface area contributed by atoms with E-state index >= 15 is 0 Å². The SMILES string of the molecule is C#CCCNC(=O)c1cn(C2CCN(C(=O)C=C)C2)nn1. The molecule has 0 spiro atoms. The Labute approximate surface area is 123 Å². The van der Waals surface area contributed by atoms with E-state index in [4.69, 9.17) is 6.42 Å². The van der Waals surface area contributed by atoms with Crippen LogP contribution in [0.15, 0.2) is 18.9 Å². The highest BCUT2D eigenvalue weighted by Gasteiger charge is 2.27. The third-order valence-corrected chi connectivity index (χ3v) is 3.32. The van der Waals surface area contributed by atoms with E-state index in [1.807, 2.05) is 0 Å². The fourth-order valence-electron chi connectivity index (χ4n) is 2.19. The van der Waals surface area contributed by atoms with Crippen LogP contribution >= 0.6 is 0 Å². The smallest absolute Gasteiger partial charge is 0.273 e. The Balaban J connectivity index is 1.94. The van der Waals surface area contributed by atoms with Gasteiger partial charge in [-0.15, -0.1) is 17.4 Å². The molecule has 7 nitrogen and oxygen atoms in total. The zero-order chi connectivity index (χ0) is 15.2. The Morgan fingerprint density at radius 1 is 1.62 bits per heavy atom. The molecule has 1 N–H and O–H groups in total. The van der Waals surface area contributed by atoms with Crippen molar-refractivity contribution in [1.82, 2.24) is 25.2 Å². The fraction of sp³-hybridized carbons (Fsp3) is 0.429. The van der Waals surface area contributed by atoms with Gasteiger partial charge in [0, 0.05) is 26.1 Å². The predicted octanol–water partition coefficient (Wildman–Crippen LogP) is -0.00940. The number of amides is 2. The molecule has 7 heteroatoms. The second kappa shape index (κ2) is 6.70. The van der Waals surface area contributed by atoms with E-state index in [0.717, 1.165) is 6.42 Å². The summed E-state index contributed by atoms with van der Waals surface area (Å²) in [4.78, 5) is 25.0. The maximum Gasteiger partial charge on any atom is 0.273 e. The quantitative estimate of drug-likeness (QED) is 0.469. The van der Waals surface area contributed by atoms with E-state index < -0.39 is 0 Å². The topological polar surface area (TPSA) is 80.1 Å². The molecule has 2 rings (SSSR count). The van der Waals surface area contributed by atoms with E-state index in [0.29, 0.717) is 26.1 Å². The van der Waals surface area contributed by atoms with Gasteiger partial charge < -0.3 is 10.2 Å². The zero-order valence-corrected chi connectivity index (χ0v) is 11.7. The molecule has 1 aliphatic heterocycles. The Morgan fingerprint density at radius 2 is 2.43 bits per heavy atom. The largest absolute Gasteiger partial charge is 0.350 e. The van der Waals surface area contributed by atoms with Gasteiger partial charge in [0.05, 0.1) is 12.2 Å². The van der Waals surface area contributed by atoms with Crippen LogP contribution in [0.4, 0.5) is 0 Å². The molecule has 0 aliphatic carbocycles. The first-order valence-electron chi connectivity index (χ1n) is 6.70. The first-order chi connectivity index (χ1) is 10.2. The first kappa shape index (κ1) is 14.8. The molecule has 1 aromatic heterocycles. The number of carbonyl (C=O) groups is 2. The minimum Gasteiger partial charge on any atom is -0.350 e. The van der Waals surface area contributed by atoms with E-state index in [-0.39, 0.29) is 23.6 Å². The van der Waals surface area contributed by atoms with Crippen molar-refractivity contribution in [2.75, 3.05) is 19.6 Å². The summed E-state index contributed by atoms with van der Waals surface area (Å²) in [6, 6.07) is 0.0358. The highest BCUT2D eigenvalue weighted by Crippen LogP contribution is 2.20. The van der Waals surface area contributed by atoms with Crippen LogP contribution in [0.1, 0.15) is 29.4 Å². The average Bonchev–Trinajstić information content (AvgIpc) is 3.15. The molecule has 0 bridgehead atoms. The Kier molecular flexibility index (Phi) is 4.72. The lowest BCUT2D eigenvalue weighted by Crippen LogP contribution is -2.27. The van der Waals surface area contributed by atoms with Crippen LogP contribution < -0.4 is 5.32 Å². The third kappa shape index (κ3) is 3.48. The number of aromatic nitrogens is 3. The van der Waals surface area contributed by atoms with E-state index in [2.05, 4.69) is 28.1 Å². The molecule has 0 saturated carbocycles. The molecule has 1 atom stereocenters. The van der Waals surface area contributed by atoms with Gasteiger partial charge in [0.1, 0.15) is 0 Å². The zero-order valence-electron chi connectivity index (χ0n) is 11.7. The summed E-state index contributed by atoms with van der Waals surface area (Å²) in [6.45, 7) is 5.08. The molecule has 0 aromatic carbocycles. The number of nitrogens with one attached hydrogen (secondary N) is 1. The monoisotopic (exact) mass is 287 g/mol. The lowest BCUT2D eigenvalue weighted by molar-refractivity contribution is -0.125. The molecule has 1 saturated heterocycles. The van der Waals surface area contributed by atoms with E-state index in [1.165, 1.54) is 6.08 Å². The maximum absolute atomic E-state index is 11.8. The summed E-state index contributed by atoms with van der Waals surface area (Å²) in [5.41, 5.74) is 0.250. The highest BCUT2D eigenvalue weighted by molar-refractivity contribution is 5.91. The van der Waals surface area contributed by atoms with Crippen LogP contribution in [-0.2, 0) is 4.79 Å². The van der Waals surface area contributed by atoms with Gasteiger partial charge in [0.25, 0.3) is 5.91 Å². The molecule has 2 heterocycles. The molecule has 1 fully saturated rings. The van der Waals surface area contributed by atoms with Crippen molar-refractivity contribution < 1.29 is 9.59 Å². The molecule has 1 unspecified atom stereocenters. The number of likely N-dealkylation sites (tertiary alicyclic amines) is 1. The molecular formula is C14H17N5O2. The van der Waals surface area contributed by atoms with Crippen molar-refractivity contribution in [3.05, 3.63) is 24.5 Å². The second-order valence-corrected chi connectivity index (χ2v) is 4.72. The van der Waals surface area contributed by atoms with Crippen molar-refractivity contribution in [2.24, 2.45) is 0 Å². The number of rotatable bonds is 5. The van der Waals surface area contributed by atoms with Crippen LogP contribution in [0.3, 0.4) is 0 Å². The standard InChI is InChI=1S/C14H17N5O2/c1-3-5-7-15-14(21)12-10-19(17-16-12)11-6-8-18(9-11)13(20)4-2/h1,4,10-11H,2,5-9H2,(H,15,21). The number of terminal acetylenes is 1. The van der Waals surface area contributed by atoms with Gasteiger partial charge in [-0.05, 0) is 12.5 Å². The maximum atomic E-state index is 11.8. The van der Waals surface area contributed by atoms with Gasteiger partial charge >= 0.3 is 0 Å². The summed E-state index contributed by atoms with van der Waals surface area (Å²) >= 11 is 0. The minimum atomic E-state index is -0.298. The highest BCUT2D eigenvalue weighted by atomic mass is 16.2. The molecule has 21 heavy (non-hydrogen) atoms. The van der Waals surface area contributed by atoms with Crippen molar-refractivity contribution in [2.45, 2.75) is 18.9 Å². The van der Waals surface area contributed by atoms with Crippen molar-refractivity contribution in [1.29, 1.82) is 0 Å². The normalized spacial score (nSPS) is 17.3. The predicted molar refractivity (Wildman–Crippen MR) is 76.2 cm³/mol. The van der Waals surface area contributed by atoms with Crippen molar-refractivity contribution in [3.63, 3.8) is 0 Å². The van der Waals surface area contributed by atoms with Crippen LogP contribution in [0, 0.1) is 12.3 Å². The summed E-state index contributed by atoms with van der Waals surface area (Å²) in [5.74, 6) is 2.05. The lowest BCUT2D eigenvalue weighted by Gasteiger charge is -2.13. The summed E-state index contributed by atoms with van der Waals surface area (Å²) in [7, 11) is 0. The second-order valence-electron chi connectivity index (χ2n) is 4.72. The number of nitrogens with zero attached hydrogens (tertiary/aromatic N) is 4. The summed E-state index contributed by atoms with van der Waals surface area (Å²) < 4.78 is 1.63. The third-order valence-electron chi connectivity index (χ3n) is 3.32. The van der Waals surface area contributed by atoms with Gasteiger partial charge in [0.15, 0.2) is 5.69 Å². The number of carbonyl (C=O) groups excluding carboxylic acids is 2. The van der Waals surface area contributed by atoms with Gasteiger partial charge in [-0.2, -0.15) is 0 Å². The number of hydrogen-bond acceptors (Lipinski definition) is 4. The molecule has 110 valence electrons. The molecule has 2 amide bonds. The minimum absolute atomic E-state index is 0.0358. The van der Waals surface area contributed by atoms with Crippen LogP contribution in [0.25, 0.3) is 0 Å². The number of hydrogen-bond donors (Lipinski definition) is 1. The average molecular weight is 287 g/mol. The molecule has 1 aliphatic rings. The summed E-state index contributed by atoms with van der Waals surface area (Å²) in [6.07, 6.45) is 9.26. The van der Waals surface area contributed by atoms with Gasteiger partial charge in [-0.1, -0.05) is 11.8 Å². The van der Waals surface area contributed by atoms with Gasteiger partial charge in [-0.3, -0.25) is 9.59 Å². The Bertz CT molecular complexity index is 586. The summed E-state index contributed by atoms with van der Waals surface area (Å²) in [5, 5.41) is 10.5. The van der Waals surface area contributed by atoms with E-state index in [1.54, 1.807) is 15.8 Å². The molecule has 0 radical (unpaired) electrons. The fourth-order valence-corrected chi connectivity index (χ4v) is 2.19. The lowest BCUT2D eigenvalue weighted by atomic mass is 10.3. The first-order valence-corrected chi connectivity index (χ1v) is 6.70. The van der Waals surface area contributed by atoms with Crippen LogP contribution in [0.2, 0.25) is 0 Å². The molecule has 1 aromatic rings. The molecular weight excluding hydrogens is 270 g/mol. The van der Waals surface area contributed by atoms with Crippen molar-refractivity contribution >= 4 is 11.8 Å².